The van der Waals surface area contributed by atoms with E-state index in [4.69, 9.17) is 0 Å². The Morgan fingerprint density at radius 3 is 2.89 bits per heavy atom. The van der Waals surface area contributed by atoms with Gasteiger partial charge in [0.2, 0.25) is 0 Å². The summed E-state index contributed by atoms with van der Waals surface area (Å²) in [6, 6.07) is 16.3. The van der Waals surface area contributed by atoms with Crippen molar-refractivity contribution in [1.82, 2.24) is 14.4 Å². The second kappa shape index (κ2) is 3.92. The Kier molecular flexibility index (Phi) is 2.12. The lowest BCUT2D eigenvalue weighted by molar-refractivity contribution is 1.19. The third-order valence-electron chi connectivity index (χ3n) is 3.32. The second-order valence-corrected chi connectivity index (χ2v) is 4.48. The van der Waals surface area contributed by atoms with Crippen molar-refractivity contribution in [1.29, 1.82) is 0 Å². The van der Waals surface area contributed by atoms with Crippen LogP contribution in [-0.4, -0.2) is 14.4 Å². The summed E-state index contributed by atoms with van der Waals surface area (Å²) in [7, 11) is 0. The zero-order valence-electron chi connectivity index (χ0n) is 10.2. The monoisotopic (exact) mass is 245 g/mol. The summed E-state index contributed by atoms with van der Waals surface area (Å²) >= 11 is 0. The summed E-state index contributed by atoms with van der Waals surface area (Å²) in [6.07, 6.45) is 5.76. The lowest BCUT2D eigenvalue weighted by Gasteiger charge is -2.03. The summed E-state index contributed by atoms with van der Waals surface area (Å²) in [6.45, 7) is 0. The summed E-state index contributed by atoms with van der Waals surface area (Å²) in [4.78, 5) is 8.77. The van der Waals surface area contributed by atoms with Gasteiger partial charge in [0.15, 0.2) is 0 Å². The Morgan fingerprint density at radius 2 is 1.89 bits per heavy atom. The molecule has 0 aliphatic rings. The number of hydrogen-bond acceptors (Lipinski definition) is 2. The van der Waals surface area contributed by atoms with Crippen LogP contribution in [-0.2, 0) is 0 Å². The molecule has 3 heteroatoms. The maximum Gasteiger partial charge on any atom is 0.137 e. The largest absolute Gasteiger partial charge is 0.300 e. The SMILES string of the molecule is c1cnc2ccc(-c3cnc4ccccn34)cc2c1. The molecule has 3 nitrogen and oxygen atoms in total. The number of rotatable bonds is 1. The minimum Gasteiger partial charge on any atom is -0.300 e. The fourth-order valence-electron chi connectivity index (χ4n) is 2.38. The average molecular weight is 245 g/mol. The molecule has 0 amide bonds. The first-order valence-corrected chi connectivity index (χ1v) is 6.19. The van der Waals surface area contributed by atoms with Gasteiger partial charge >= 0.3 is 0 Å². The van der Waals surface area contributed by atoms with E-state index in [0.717, 1.165) is 27.8 Å². The van der Waals surface area contributed by atoms with Crippen molar-refractivity contribution >= 4 is 16.6 Å². The molecule has 0 saturated carbocycles. The van der Waals surface area contributed by atoms with Gasteiger partial charge in [0.25, 0.3) is 0 Å². The maximum absolute atomic E-state index is 4.42. The van der Waals surface area contributed by atoms with Crippen molar-refractivity contribution in [2.45, 2.75) is 0 Å². The molecule has 1 aromatic carbocycles. The van der Waals surface area contributed by atoms with Crippen LogP contribution in [0.2, 0.25) is 0 Å². The normalized spacial score (nSPS) is 11.2. The van der Waals surface area contributed by atoms with Crippen LogP contribution in [0.5, 0.6) is 0 Å². The van der Waals surface area contributed by atoms with E-state index in [9.17, 15) is 0 Å². The van der Waals surface area contributed by atoms with Gasteiger partial charge in [0.1, 0.15) is 5.65 Å². The number of nitrogens with zero attached hydrogens (tertiary/aromatic N) is 3. The predicted molar refractivity (Wildman–Crippen MR) is 75.9 cm³/mol. The fourth-order valence-corrected chi connectivity index (χ4v) is 2.38. The van der Waals surface area contributed by atoms with Gasteiger partial charge in [-0.1, -0.05) is 18.2 Å². The Bertz CT molecular complexity index is 877. The average Bonchev–Trinajstić information content (AvgIpc) is 2.91. The molecule has 4 rings (SSSR count). The summed E-state index contributed by atoms with van der Waals surface area (Å²) in [5.41, 5.74) is 4.23. The van der Waals surface area contributed by atoms with E-state index in [2.05, 4.69) is 32.6 Å². The third-order valence-corrected chi connectivity index (χ3v) is 3.32. The number of aromatic nitrogens is 3. The highest BCUT2D eigenvalue weighted by Gasteiger charge is 2.05. The molecule has 0 unspecified atom stereocenters. The van der Waals surface area contributed by atoms with Crippen LogP contribution in [0.25, 0.3) is 27.8 Å². The highest BCUT2D eigenvalue weighted by molar-refractivity contribution is 5.84. The van der Waals surface area contributed by atoms with Gasteiger partial charge in [-0.3, -0.25) is 9.38 Å². The molecule has 0 aliphatic carbocycles. The van der Waals surface area contributed by atoms with E-state index in [1.807, 2.05) is 48.9 Å². The highest BCUT2D eigenvalue weighted by Crippen LogP contribution is 2.24. The van der Waals surface area contributed by atoms with Crippen LogP contribution in [0.4, 0.5) is 0 Å². The second-order valence-electron chi connectivity index (χ2n) is 4.48. The molecule has 3 heterocycles. The number of hydrogen-bond donors (Lipinski definition) is 0. The number of imidazole rings is 1. The van der Waals surface area contributed by atoms with Crippen LogP contribution >= 0.6 is 0 Å². The number of pyridine rings is 2. The van der Waals surface area contributed by atoms with Gasteiger partial charge in [0.05, 0.1) is 17.4 Å². The standard InChI is InChI=1S/C16H11N3/c1-2-9-19-15(11-18-16(19)5-1)13-6-7-14-12(10-13)4-3-8-17-14/h1-11H. The molecule has 0 aliphatic heterocycles. The van der Waals surface area contributed by atoms with Crippen molar-refractivity contribution in [2.24, 2.45) is 0 Å². The van der Waals surface area contributed by atoms with Crippen LogP contribution in [0.1, 0.15) is 0 Å². The molecule has 0 N–H and O–H groups in total. The molecule has 0 atom stereocenters. The van der Waals surface area contributed by atoms with Crippen molar-refractivity contribution in [2.75, 3.05) is 0 Å². The molecule has 0 saturated heterocycles. The van der Waals surface area contributed by atoms with Gasteiger partial charge < -0.3 is 0 Å². The van der Waals surface area contributed by atoms with E-state index >= 15 is 0 Å². The molecule has 3 aromatic heterocycles. The summed E-state index contributed by atoms with van der Waals surface area (Å²) < 4.78 is 2.09. The topological polar surface area (TPSA) is 30.2 Å². The summed E-state index contributed by atoms with van der Waals surface area (Å²) in [5, 5.41) is 1.14. The number of benzene rings is 1. The van der Waals surface area contributed by atoms with Crippen molar-refractivity contribution < 1.29 is 0 Å². The van der Waals surface area contributed by atoms with Crippen LogP contribution in [0, 0.1) is 0 Å². The smallest absolute Gasteiger partial charge is 0.137 e. The Morgan fingerprint density at radius 1 is 0.895 bits per heavy atom. The Balaban J connectivity index is 1.99. The fraction of sp³-hybridized carbons (Fsp3) is 0. The molecule has 90 valence electrons. The third kappa shape index (κ3) is 1.59. The summed E-state index contributed by atoms with van der Waals surface area (Å²) in [5.74, 6) is 0. The van der Waals surface area contributed by atoms with E-state index in [1.165, 1.54) is 0 Å². The quantitative estimate of drug-likeness (QED) is 0.513. The van der Waals surface area contributed by atoms with E-state index in [-0.39, 0.29) is 0 Å². The molecule has 0 radical (unpaired) electrons. The van der Waals surface area contributed by atoms with Gasteiger partial charge in [-0.05, 0) is 30.3 Å². The lowest BCUT2D eigenvalue weighted by Crippen LogP contribution is -1.87. The molecule has 0 fully saturated rings. The molecular weight excluding hydrogens is 234 g/mol. The molecular formula is C16H11N3. The van der Waals surface area contributed by atoms with Crippen LogP contribution in [0.15, 0.2) is 67.1 Å². The first kappa shape index (κ1) is 10.3. The zero-order valence-corrected chi connectivity index (χ0v) is 10.2. The van der Waals surface area contributed by atoms with E-state index in [0.29, 0.717) is 0 Å². The molecule has 0 bridgehead atoms. The molecule has 0 spiro atoms. The zero-order chi connectivity index (χ0) is 12.7. The van der Waals surface area contributed by atoms with Gasteiger partial charge in [-0.25, -0.2) is 4.98 Å². The minimum atomic E-state index is 0.962. The Hall–Kier alpha value is -2.68. The van der Waals surface area contributed by atoms with Crippen LogP contribution in [0.3, 0.4) is 0 Å². The van der Waals surface area contributed by atoms with Crippen LogP contribution < -0.4 is 0 Å². The van der Waals surface area contributed by atoms with E-state index in [1.54, 1.807) is 0 Å². The first-order valence-electron chi connectivity index (χ1n) is 6.19. The Labute approximate surface area is 110 Å². The lowest BCUT2D eigenvalue weighted by atomic mass is 10.1. The van der Waals surface area contributed by atoms with Gasteiger partial charge in [0, 0.05) is 23.3 Å². The first-order chi connectivity index (χ1) is 9.42. The van der Waals surface area contributed by atoms with Crippen molar-refractivity contribution in [3.63, 3.8) is 0 Å². The van der Waals surface area contributed by atoms with Crippen molar-refractivity contribution in [3.8, 4) is 11.3 Å². The molecule has 19 heavy (non-hydrogen) atoms. The van der Waals surface area contributed by atoms with Gasteiger partial charge in [-0.2, -0.15) is 0 Å². The van der Waals surface area contributed by atoms with Crippen molar-refractivity contribution in [3.05, 3.63) is 67.1 Å². The number of fused-ring (bicyclic) bond motifs is 2. The van der Waals surface area contributed by atoms with E-state index < -0.39 is 0 Å². The van der Waals surface area contributed by atoms with Gasteiger partial charge in [-0.15, -0.1) is 0 Å². The minimum absolute atomic E-state index is 0.962. The maximum atomic E-state index is 4.42. The predicted octanol–water partition coefficient (Wildman–Crippen LogP) is 3.55. The highest BCUT2D eigenvalue weighted by atomic mass is 15.0. The molecule has 4 aromatic rings.